The summed E-state index contributed by atoms with van der Waals surface area (Å²) in [6.45, 7) is 10.6. The van der Waals surface area contributed by atoms with Crippen molar-refractivity contribution in [2.75, 3.05) is 26.7 Å². The SMILES string of the molecule is CC(C)(C)c1ccc(C=O)s1.CCCCCCCOc1ccc(-c2cnc(-c3ccc(CC(NC)C(=O)NC(CC(=O)O)C(=O)N4CCCC4)cc3)nc2)cc1. The van der Waals surface area contributed by atoms with E-state index in [-0.39, 0.29) is 11.3 Å². The van der Waals surface area contributed by atoms with Gasteiger partial charge in [0.25, 0.3) is 0 Å². The van der Waals surface area contributed by atoms with Crippen LogP contribution in [-0.2, 0) is 26.2 Å². The monoisotopic (exact) mass is 783 g/mol. The number of likely N-dealkylation sites (N-methyl/N-ethyl adjacent to an activating group) is 1. The third-order valence-electron chi connectivity index (χ3n) is 9.57. The van der Waals surface area contributed by atoms with Crippen molar-refractivity contribution in [3.05, 3.63) is 88.4 Å². The second kappa shape index (κ2) is 22.0. The molecule has 56 heavy (non-hydrogen) atoms. The standard InChI is InChI=1S/C35H45N5O5.C9H12OS/c1-3-4-5-6-9-20-45-29-16-14-26(15-17-29)28-23-37-33(38-24-28)27-12-10-25(11-13-27)21-30(36-2)34(43)39-31(22-32(41)42)35(44)40-18-7-8-19-40;1-9(2,3)8-5-4-7(6-10)11-8/h10-17,23-24,30-31,36H,3-9,18-22H2,1-2H3,(H,39,43)(H,41,42);4-6H,1-3H3. The normalized spacial score (nSPS) is 13.6. The number of hydrogen-bond donors (Lipinski definition) is 3. The first-order valence-electron chi connectivity index (χ1n) is 19.6. The maximum Gasteiger partial charge on any atom is 0.305 e. The highest BCUT2D eigenvalue weighted by molar-refractivity contribution is 7.13. The van der Waals surface area contributed by atoms with Crippen LogP contribution < -0.4 is 15.4 Å². The molecule has 300 valence electrons. The zero-order valence-electron chi connectivity index (χ0n) is 33.4. The van der Waals surface area contributed by atoms with E-state index in [1.165, 1.54) is 30.6 Å². The summed E-state index contributed by atoms with van der Waals surface area (Å²) in [5.41, 5.74) is 3.83. The van der Waals surface area contributed by atoms with E-state index in [1.807, 2.05) is 60.7 Å². The summed E-state index contributed by atoms with van der Waals surface area (Å²) in [5.74, 6) is -0.441. The highest BCUT2D eigenvalue weighted by atomic mass is 32.1. The molecule has 1 saturated heterocycles. The van der Waals surface area contributed by atoms with Crippen molar-refractivity contribution in [1.82, 2.24) is 25.5 Å². The number of nitrogens with zero attached hydrogens (tertiary/aromatic N) is 3. The van der Waals surface area contributed by atoms with Crippen LogP contribution in [0, 0.1) is 0 Å². The molecule has 1 fully saturated rings. The summed E-state index contributed by atoms with van der Waals surface area (Å²) < 4.78 is 5.87. The predicted molar refractivity (Wildman–Crippen MR) is 222 cm³/mol. The van der Waals surface area contributed by atoms with Crippen molar-refractivity contribution in [3.63, 3.8) is 0 Å². The minimum atomic E-state index is -1.13. The molecule has 3 N–H and O–H groups in total. The molecule has 2 unspecified atom stereocenters. The summed E-state index contributed by atoms with van der Waals surface area (Å²) in [6, 6.07) is 17.8. The lowest BCUT2D eigenvalue weighted by Gasteiger charge is -2.25. The van der Waals surface area contributed by atoms with Crippen molar-refractivity contribution in [1.29, 1.82) is 0 Å². The molecule has 12 heteroatoms. The average Bonchev–Trinajstić information content (AvgIpc) is 3.92. The van der Waals surface area contributed by atoms with E-state index < -0.39 is 30.4 Å². The fourth-order valence-electron chi connectivity index (χ4n) is 6.24. The second-order valence-corrected chi connectivity index (χ2v) is 16.2. The molecule has 1 aliphatic heterocycles. The Morgan fingerprint density at radius 2 is 1.52 bits per heavy atom. The molecular weight excluding hydrogens is 727 g/mol. The Morgan fingerprint density at radius 1 is 0.875 bits per heavy atom. The summed E-state index contributed by atoms with van der Waals surface area (Å²) in [4.78, 5) is 60.5. The lowest BCUT2D eigenvalue weighted by atomic mass is 9.95. The second-order valence-electron chi connectivity index (χ2n) is 15.1. The van der Waals surface area contributed by atoms with E-state index in [0.717, 1.165) is 65.0 Å². The molecule has 0 bridgehead atoms. The van der Waals surface area contributed by atoms with Crippen molar-refractivity contribution in [3.8, 4) is 28.3 Å². The van der Waals surface area contributed by atoms with Crippen LogP contribution in [0.2, 0.25) is 0 Å². The summed E-state index contributed by atoms with van der Waals surface area (Å²) in [7, 11) is 1.67. The van der Waals surface area contributed by atoms with Gasteiger partial charge in [-0.1, -0.05) is 89.8 Å². The van der Waals surface area contributed by atoms with Gasteiger partial charge in [0.1, 0.15) is 11.8 Å². The summed E-state index contributed by atoms with van der Waals surface area (Å²) in [5, 5.41) is 15.0. The molecule has 0 radical (unpaired) electrons. The van der Waals surface area contributed by atoms with Gasteiger partial charge in [-0.3, -0.25) is 19.2 Å². The number of unbranched alkanes of at least 4 members (excludes halogenated alkanes) is 4. The number of benzene rings is 2. The Hall–Kier alpha value is -4.94. The van der Waals surface area contributed by atoms with Crippen LogP contribution in [0.1, 0.15) is 99.2 Å². The van der Waals surface area contributed by atoms with Gasteiger partial charge >= 0.3 is 5.97 Å². The predicted octanol–water partition coefficient (Wildman–Crippen LogP) is 7.73. The number of hydrogen-bond acceptors (Lipinski definition) is 9. The van der Waals surface area contributed by atoms with Crippen LogP contribution in [0.15, 0.2) is 73.1 Å². The van der Waals surface area contributed by atoms with Crippen molar-refractivity contribution in [2.45, 2.75) is 103 Å². The van der Waals surface area contributed by atoms with E-state index in [1.54, 1.807) is 35.7 Å². The molecule has 1 aliphatic rings. The number of thiophene rings is 1. The molecule has 2 aromatic heterocycles. The molecule has 0 spiro atoms. The number of carboxylic acids is 1. The largest absolute Gasteiger partial charge is 0.494 e. The Balaban J connectivity index is 0.000000544. The lowest BCUT2D eigenvalue weighted by molar-refractivity contribution is -0.143. The van der Waals surface area contributed by atoms with Gasteiger partial charge in [-0.25, -0.2) is 9.97 Å². The van der Waals surface area contributed by atoms with Gasteiger partial charge in [0, 0.05) is 41.5 Å². The maximum absolute atomic E-state index is 13.1. The fraction of sp³-hybridized carbons (Fsp3) is 0.455. The maximum atomic E-state index is 13.1. The number of carboxylic acid groups (broad SMARTS) is 1. The number of aromatic nitrogens is 2. The number of nitrogens with one attached hydrogen (secondary N) is 2. The Kier molecular flexibility index (Phi) is 17.2. The van der Waals surface area contributed by atoms with Crippen LogP contribution in [-0.4, -0.2) is 82.9 Å². The average molecular weight is 784 g/mol. The number of likely N-dealkylation sites (tertiary alicyclic amines) is 1. The van der Waals surface area contributed by atoms with Crippen LogP contribution in [0.4, 0.5) is 0 Å². The third-order valence-corrected chi connectivity index (χ3v) is 11.0. The van der Waals surface area contributed by atoms with E-state index in [0.29, 0.717) is 25.3 Å². The minimum absolute atomic E-state index is 0.173. The Bertz CT molecular complexity index is 1830. The molecule has 4 aromatic rings. The topological polar surface area (TPSA) is 151 Å². The van der Waals surface area contributed by atoms with E-state index in [4.69, 9.17) is 4.74 Å². The smallest absolute Gasteiger partial charge is 0.305 e. The number of amides is 2. The first-order chi connectivity index (χ1) is 26.9. The highest BCUT2D eigenvalue weighted by Gasteiger charge is 2.31. The van der Waals surface area contributed by atoms with Gasteiger partial charge in [-0.15, -0.1) is 11.3 Å². The van der Waals surface area contributed by atoms with Gasteiger partial charge in [0.05, 0.1) is 23.9 Å². The van der Waals surface area contributed by atoms with Crippen LogP contribution in [0.25, 0.3) is 22.5 Å². The number of aliphatic carboxylic acids is 1. The highest BCUT2D eigenvalue weighted by Crippen LogP contribution is 2.28. The number of ether oxygens (including phenoxy) is 1. The third kappa shape index (κ3) is 13.7. The molecular formula is C44H57N5O6S. The molecule has 5 rings (SSSR count). The van der Waals surface area contributed by atoms with Gasteiger partial charge in [0.2, 0.25) is 11.8 Å². The number of aldehydes is 1. The minimum Gasteiger partial charge on any atom is -0.494 e. The number of carbonyl (C=O) groups is 4. The van der Waals surface area contributed by atoms with Crippen molar-refractivity contribution in [2.24, 2.45) is 0 Å². The Labute approximate surface area is 335 Å². The van der Waals surface area contributed by atoms with E-state index in [2.05, 4.69) is 48.3 Å². The van der Waals surface area contributed by atoms with Crippen LogP contribution in [0.5, 0.6) is 5.75 Å². The number of carbonyl (C=O) groups excluding carboxylic acids is 3. The van der Waals surface area contributed by atoms with E-state index in [9.17, 15) is 24.3 Å². The van der Waals surface area contributed by atoms with Gasteiger partial charge in [-0.2, -0.15) is 0 Å². The zero-order chi connectivity index (χ0) is 40.5. The quantitative estimate of drug-likeness (QED) is 0.0681. The molecule has 2 aromatic carbocycles. The molecule has 3 heterocycles. The van der Waals surface area contributed by atoms with Gasteiger partial charge < -0.3 is 25.4 Å². The van der Waals surface area contributed by atoms with Gasteiger partial charge in [0.15, 0.2) is 12.1 Å². The molecule has 11 nitrogen and oxygen atoms in total. The van der Waals surface area contributed by atoms with Crippen molar-refractivity contribution < 1.29 is 29.0 Å². The first-order valence-corrected chi connectivity index (χ1v) is 20.4. The summed E-state index contributed by atoms with van der Waals surface area (Å²) >= 11 is 1.57. The fourth-order valence-corrected chi connectivity index (χ4v) is 7.12. The van der Waals surface area contributed by atoms with Crippen molar-refractivity contribution >= 4 is 35.4 Å². The zero-order valence-corrected chi connectivity index (χ0v) is 34.2. The number of rotatable bonds is 18. The van der Waals surface area contributed by atoms with Gasteiger partial charge in [-0.05, 0) is 73.5 Å². The molecule has 0 aliphatic carbocycles. The first kappa shape index (κ1) is 43.8. The molecule has 0 saturated carbocycles. The lowest BCUT2D eigenvalue weighted by Crippen LogP contribution is -2.53. The van der Waals surface area contributed by atoms with Crippen LogP contribution >= 0.6 is 11.3 Å². The van der Waals surface area contributed by atoms with Crippen LogP contribution in [0.3, 0.4) is 0 Å². The molecule has 2 atom stereocenters. The summed E-state index contributed by atoms with van der Waals surface area (Å²) in [6.07, 6.45) is 12.2. The Morgan fingerprint density at radius 3 is 2.07 bits per heavy atom. The van der Waals surface area contributed by atoms with E-state index >= 15 is 0 Å². The molecule has 2 amide bonds.